The van der Waals surface area contributed by atoms with Crippen molar-refractivity contribution < 1.29 is 18.7 Å². The molecule has 1 heterocycles. The predicted molar refractivity (Wildman–Crippen MR) is 66.2 cm³/mol. The summed E-state index contributed by atoms with van der Waals surface area (Å²) in [5, 5.41) is 9.28. The van der Waals surface area contributed by atoms with Crippen LogP contribution in [0.1, 0.15) is 22.9 Å². The van der Waals surface area contributed by atoms with E-state index >= 15 is 0 Å². The van der Waals surface area contributed by atoms with Crippen molar-refractivity contribution in [2.24, 2.45) is 0 Å². The van der Waals surface area contributed by atoms with E-state index in [1.54, 1.807) is 0 Å². The average molecular weight is 281 g/mol. The fraction of sp³-hybridized carbons (Fsp3) is 0.231. The van der Waals surface area contributed by atoms with Gasteiger partial charge in [0.1, 0.15) is 22.6 Å². The van der Waals surface area contributed by atoms with Crippen molar-refractivity contribution in [3.63, 3.8) is 0 Å². The van der Waals surface area contributed by atoms with Crippen molar-refractivity contribution in [3.05, 3.63) is 40.4 Å². The molecule has 0 saturated heterocycles. The molecule has 98 valence electrons. The van der Waals surface area contributed by atoms with Crippen LogP contribution in [0, 0.1) is 11.6 Å². The van der Waals surface area contributed by atoms with Gasteiger partial charge in [-0.1, -0.05) is 6.07 Å². The highest BCUT2D eigenvalue weighted by Crippen LogP contribution is 2.40. The number of carboxylic acid groups (broad SMARTS) is 1. The number of aryl methyl sites for hydroxylation is 1. The number of halogens is 2. The summed E-state index contributed by atoms with van der Waals surface area (Å²) in [6.45, 7) is 0. The minimum Gasteiger partial charge on any atom is -0.481 e. The molecule has 0 fully saturated rings. The lowest BCUT2D eigenvalue weighted by molar-refractivity contribution is -0.138. The molecular weight excluding hydrogens is 272 g/mol. The van der Waals surface area contributed by atoms with Crippen molar-refractivity contribution in [3.8, 4) is 10.6 Å². The quantitative estimate of drug-likeness (QED) is 0.919. The molecule has 0 spiro atoms. The van der Waals surface area contributed by atoms with Gasteiger partial charge in [-0.25, -0.2) is 13.8 Å². The zero-order valence-electron chi connectivity index (χ0n) is 9.69. The van der Waals surface area contributed by atoms with E-state index in [1.807, 2.05) is 0 Å². The Hall–Kier alpha value is -1.82. The van der Waals surface area contributed by atoms with E-state index in [9.17, 15) is 13.6 Å². The topological polar surface area (TPSA) is 50.2 Å². The third-order valence-electron chi connectivity index (χ3n) is 3.19. The van der Waals surface area contributed by atoms with Crippen molar-refractivity contribution >= 4 is 17.3 Å². The molecule has 1 aliphatic carbocycles. The summed E-state index contributed by atoms with van der Waals surface area (Å²) in [6, 6.07) is 3.62. The van der Waals surface area contributed by atoms with Gasteiger partial charge in [-0.05, 0) is 25.0 Å². The molecule has 1 aromatic carbocycles. The number of benzene rings is 1. The van der Waals surface area contributed by atoms with Crippen molar-refractivity contribution in [1.29, 1.82) is 0 Å². The second kappa shape index (κ2) is 4.38. The number of rotatable bonds is 2. The molecule has 1 aliphatic rings. The summed E-state index contributed by atoms with van der Waals surface area (Å²) in [5.41, 5.74) is 0.279. The summed E-state index contributed by atoms with van der Waals surface area (Å²) in [6.07, 6.45) is 1.10. The monoisotopic (exact) mass is 281 g/mol. The maximum absolute atomic E-state index is 13.7. The Labute approximate surface area is 111 Å². The first-order valence-electron chi connectivity index (χ1n) is 5.74. The van der Waals surface area contributed by atoms with E-state index in [0.29, 0.717) is 18.5 Å². The Kier molecular flexibility index (Phi) is 2.82. The van der Waals surface area contributed by atoms with Gasteiger partial charge >= 0.3 is 5.97 Å². The third kappa shape index (κ3) is 1.92. The first-order chi connectivity index (χ1) is 9.08. The number of nitrogens with zero attached hydrogens (tertiary/aromatic N) is 1. The number of fused-ring (bicyclic) bond motifs is 1. The van der Waals surface area contributed by atoms with Crippen LogP contribution in [0.4, 0.5) is 8.78 Å². The molecule has 1 aromatic heterocycles. The molecular formula is C13H9F2NO2S. The smallest absolute Gasteiger partial charge is 0.312 e. The molecule has 2 aromatic rings. The van der Waals surface area contributed by atoms with Crippen molar-refractivity contribution in [2.75, 3.05) is 0 Å². The molecule has 1 N–H and O–H groups in total. The van der Waals surface area contributed by atoms with Gasteiger partial charge in [0.15, 0.2) is 0 Å². The minimum atomic E-state index is -0.940. The highest BCUT2D eigenvalue weighted by atomic mass is 32.1. The van der Waals surface area contributed by atoms with Gasteiger partial charge in [-0.3, -0.25) is 4.79 Å². The lowest BCUT2D eigenvalue weighted by atomic mass is 10.1. The number of aliphatic carboxylic acids is 1. The summed E-state index contributed by atoms with van der Waals surface area (Å²) in [5.74, 6) is -2.96. The first-order valence-corrected chi connectivity index (χ1v) is 6.56. The number of hydrogen-bond donors (Lipinski definition) is 1. The van der Waals surface area contributed by atoms with Crippen LogP contribution in [0.15, 0.2) is 18.2 Å². The number of hydrogen-bond acceptors (Lipinski definition) is 3. The molecule has 0 bridgehead atoms. The van der Waals surface area contributed by atoms with Crippen molar-refractivity contribution in [1.82, 2.24) is 4.98 Å². The van der Waals surface area contributed by atoms with Crippen LogP contribution in [-0.4, -0.2) is 16.1 Å². The van der Waals surface area contributed by atoms with E-state index in [0.717, 1.165) is 4.88 Å². The van der Waals surface area contributed by atoms with Crippen LogP contribution in [0.2, 0.25) is 0 Å². The third-order valence-corrected chi connectivity index (χ3v) is 4.34. The van der Waals surface area contributed by atoms with Crippen LogP contribution in [-0.2, 0) is 11.2 Å². The zero-order valence-corrected chi connectivity index (χ0v) is 10.5. The molecule has 1 atom stereocenters. The van der Waals surface area contributed by atoms with E-state index < -0.39 is 23.5 Å². The second-order valence-electron chi connectivity index (χ2n) is 4.35. The Morgan fingerprint density at radius 3 is 2.68 bits per heavy atom. The normalized spacial score (nSPS) is 17.5. The van der Waals surface area contributed by atoms with Crippen LogP contribution in [0.5, 0.6) is 0 Å². The average Bonchev–Trinajstić information content (AvgIpc) is 2.87. The van der Waals surface area contributed by atoms with Gasteiger partial charge in [0.05, 0.1) is 11.3 Å². The maximum Gasteiger partial charge on any atom is 0.312 e. The molecule has 0 amide bonds. The Bertz CT molecular complexity index is 648. The van der Waals surface area contributed by atoms with Gasteiger partial charge in [0.25, 0.3) is 0 Å². The molecule has 0 saturated carbocycles. The van der Waals surface area contributed by atoms with Crippen LogP contribution < -0.4 is 0 Å². The fourth-order valence-electron chi connectivity index (χ4n) is 2.28. The lowest BCUT2D eigenvalue weighted by Crippen LogP contribution is -2.08. The SMILES string of the molecule is O=C(O)C1CCc2sc(-c3c(F)cccc3F)nc21. The minimum absolute atomic E-state index is 0.175. The number of carboxylic acids is 1. The molecule has 19 heavy (non-hydrogen) atoms. The summed E-state index contributed by atoms with van der Waals surface area (Å²) < 4.78 is 27.3. The van der Waals surface area contributed by atoms with Gasteiger partial charge in [-0.2, -0.15) is 0 Å². The van der Waals surface area contributed by atoms with Crippen LogP contribution >= 0.6 is 11.3 Å². The Morgan fingerprint density at radius 2 is 2.05 bits per heavy atom. The largest absolute Gasteiger partial charge is 0.481 e. The number of thiazole rings is 1. The van der Waals surface area contributed by atoms with Gasteiger partial charge in [0.2, 0.25) is 0 Å². The van der Waals surface area contributed by atoms with Gasteiger partial charge < -0.3 is 5.11 Å². The van der Waals surface area contributed by atoms with Crippen molar-refractivity contribution in [2.45, 2.75) is 18.8 Å². The van der Waals surface area contributed by atoms with E-state index in [2.05, 4.69) is 4.98 Å². The lowest BCUT2D eigenvalue weighted by Gasteiger charge is -2.03. The molecule has 0 aliphatic heterocycles. The number of aromatic nitrogens is 1. The molecule has 3 nitrogen and oxygen atoms in total. The predicted octanol–water partition coefficient (Wildman–Crippen LogP) is 3.20. The molecule has 3 rings (SSSR count). The second-order valence-corrected chi connectivity index (χ2v) is 5.44. The molecule has 1 unspecified atom stereocenters. The van der Waals surface area contributed by atoms with Gasteiger partial charge in [-0.15, -0.1) is 11.3 Å². The molecule has 0 radical (unpaired) electrons. The highest BCUT2D eigenvalue weighted by molar-refractivity contribution is 7.15. The highest BCUT2D eigenvalue weighted by Gasteiger charge is 2.33. The van der Waals surface area contributed by atoms with E-state index in [1.165, 1.54) is 29.5 Å². The number of carbonyl (C=O) groups is 1. The summed E-state index contributed by atoms with van der Waals surface area (Å²) in [7, 11) is 0. The standard InChI is InChI=1S/C13H9F2NO2S/c14-7-2-1-3-8(15)10(7)12-16-11-6(13(17)18)4-5-9(11)19-12/h1-3,6H,4-5H2,(H,17,18). The summed E-state index contributed by atoms with van der Waals surface area (Å²) in [4.78, 5) is 16.0. The first kappa shape index (κ1) is 12.2. The van der Waals surface area contributed by atoms with E-state index in [-0.39, 0.29) is 10.6 Å². The van der Waals surface area contributed by atoms with Gasteiger partial charge in [0, 0.05) is 4.88 Å². The zero-order chi connectivity index (χ0) is 13.6. The Balaban J connectivity index is 2.10. The maximum atomic E-state index is 13.7. The molecule has 6 heteroatoms. The van der Waals surface area contributed by atoms with Crippen LogP contribution in [0.3, 0.4) is 0 Å². The van der Waals surface area contributed by atoms with Crippen LogP contribution in [0.25, 0.3) is 10.6 Å². The summed E-state index contributed by atoms with van der Waals surface area (Å²) >= 11 is 1.17. The fourth-order valence-corrected chi connectivity index (χ4v) is 3.46. The van der Waals surface area contributed by atoms with E-state index in [4.69, 9.17) is 5.11 Å². The Morgan fingerprint density at radius 1 is 1.37 bits per heavy atom.